The maximum atomic E-state index is 12.4. The lowest BCUT2D eigenvalue weighted by Gasteiger charge is -2.28. The van der Waals surface area contributed by atoms with Crippen LogP contribution >= 0.6 is 0 Å². The highest BCUT2D eigenvalue weighted by atomic mass is 32.2. The minimum absolute atomic E-state index is 0.0193. The maximum Gasteiger partial charge on any atom is 0.0779 e. The van der Waals surface area contributed by atoms with Crippen LogP contribution in [0.1, 0.15) is 12.0 Å². The number of aryl methyl sites for hydroxylation is 1. The molecule has 1 aromatic carbocycles. The molecule has 1 aliphatic rings. The summed E-state index contributed by atoms with van der Waals surface area (Å²) in [6.45, 7) is 3.16. The van der Waals surface area contributed by atoms with Gasteiger partial charge in [-0.1, -0.05) is 18.2 Å². The molecule has 2 N–H and O–H groups in total. The van der Waals surface area contributed by atoms with Gasteiger partial charge in [-0.25, -0.2) is 0 Å². The predicted octanol–water partition coefficient (Wildman–Crippen LogP) is 1.22. The number of hydrogen-bond acceptors (Lipinski definition) is 3. The maximum absolute atomic E-state index is 12.4. The Morgan fingerprint density at radius 3 is 2.88 bits per heavy atom. The Bertz CT molecular complexity index is 394. The Morgan fingerprint density at radius 1 is 1.44 bits per heavy atom. The Balaban J connectivity index is 2.21. The molecular formula is C12H17NO2S. The van der Waals surface area contributed by atoms with E-state index in [1.54, 1.807) is 0 Å². The van der Waals surface area contributed by atoms with Gasteiger partial charge in [-0.3, -0.25) is 4.21 Å². The molecule has 1 fully saturated rings. The SMILES string of the molecule is Cc1ccccc1S(=O)C1COCCC1N. The van der Waals surface area contributed by atoms with Crippen LogP contribution in [0, 0.1) is 6.92 Å². The van der Waals surface area contributed by atoms with E-state index in [9.17, 15) is 4.21 Å². The second kappa shape index (κ2) is 5.08. The molecule has 16 heavy (non-hydrogen) atoms. The molecule has 1 saturated heterocycles. The van der Waals surface area contributed by atoms with E-state index in [1.807, 2.05) is 31.2 Å². The first-order valence-electron chi connectivity index (χ1n) is 5.49. The summed E-state index contributed by atoms with van der Waals surface area (Å²) < 4.78 is 17.7. The van der Waals surface area contributed by atoms with Gasteiger partial charge in [-0.05, 0) is 25.0 Å². The summed E-state index contributed by atoms with van der Waals surface area (Å²) in [7, 11) is -1.06. The Morgan fingerprint density at radius 2 is 2.19 bits per heavy atom. The van der Waals surface area contributed by atoms with E-state index in [0.29, 0.717) is 13.2 Å². The topological polar surface area (TPSA) is 52.3 Å². The van der Waals surface area contributed by atoms with E-state index < -0.39 is 10.8 Å². The Labute approximate surface area is 98.4 Å². The predicted molar refractivity (Wildman–Crippen MR) is 64.8 cm³/mol. The highest BCUT2D eigenvalue weighted by Gasteiger charge is 2.29. The van der Waals surface area contributed by atoms with Gasteiger partial charge in [0.2, 0.25) is 0 Å². The second-order valence-corrected chi connectivity index (χ2v) is 5.77. The van der Waals surface area contributed by atoms with Crippen LogP contribution in [-0.4, -0.2) is 28.7 Å². The minimum Gasteiger partial charge on any atom is -0.380 e. The quantitative estimate of drug-likeness (QED) is 0.844. The van der Waals surface area contributed by atoms with Crippen molar-refractivity contribution in [2.45, 2.75) is 29.5 Å². The van der Waals surface area contributed by atoms with E-state index in [-0.39, 0.29) is 11.3 Å². The van der Waals surface area contributed by atoms with Crippen LogP contribution in [-0.2, 0) is 15.5 Å². The van der Waals surface area contributed by atoms with E-state index in [1.165, 1.54) is 0 Å². The normalized spacial score (nSPS) is 27.6. The highest BCUT2D eigenvalue weighted by Crippen LogP contribution is 2.20. The zero-order valence-electron chi connectivity index (χ0n) is 9.39. The molecule has 3 nitrogen and oxygen atoms in total. The zero-order valence-corrected chi connectivity index (χ0v) is 10.2. The van der Waals surface area contributed by atoms with Crippen molar-refractivity contribution < 1.29 is 8.95 Å². The van der Waals surface area contributed by atoms with Crippen molar-refractivity contribution in [1.82, 2.24) is 0 Å². The molecule has 0 aromatic heterocycles. The smallest absolute Gasteiger partial charge is 0.0779 e. The average molecular weight is 239 g/mol. The lowest BCUT2D eigenvalue weighted by Crippen LogP contribution is -2.45. The summed E-state index contributed by atoms with van der Waals surface area (Å²) >= 11 is 0. The van der Waals surface area contributed by atoms with Gasteiger partial charge in [0.15, 0.2) is 0 Å². The molecule has 88 valence electrons. The van der Waals surface area contributed by atoms with Crippen LogP contribution < -0.4 is 5.73 Å². The lowest BCUT2D eigenvalue weighted by molar-refractivity contribution is 0.0904. The third-order valence-corrected chi connectivity index (χ3v) is 4.87. The molecule has 4 heteroatoms. The largest absolute Gasteiger partial charge is 0.380 e. The first-order chi connectivity index (χ1) is 7.70. The molecular weight excluding hydrogens is 222 g/mol. The summed E-state index contributed by atoms with van der Waals surface area (Å²) in [5.74, 6) is 0. The molecule has 1 aromatic rings. The van der Waals surface area contributed by atoms with Crippen molar-refractivity contribution in [1.29, 1.82) is 0 Å². The number of hydrogen-bond donors (Lipinski definition) is 1. The lowest BCUT2D eigenvalue weighted by atomic mass is 10.1. The van der Waals surface area contributed by atoms with Crippen molar-refractivity contribution in [2.24, 2.45) is 5.73 Å². The fourth-order valence-corrected chi connectivity index (χ4v) is 3.49. The average Bonchev–Trinajstić information content (AvgIpc) is 2.29. The van der Waals surface area contributed by atoms with Gasteiger partial charge in [0.05, 0.1) is 22.7 Å². The van der Waals surface area contributed by atoms with E-state index in [0.717, 1.165) is 16.9 Å². The molecule has 0 saturated carbocycles. The van der Waals surface area contributed by atoms with Crippen LogP contribution in [0.2, 0.25) is 0 Å². The van der Waals surface area contributed by atoms with Gasteiger partial charge in [0.1, 0.15) is 0 Å². The van der Waals surface area contributed by atoms with Crippen molar-refractivity contribution in [3.8, 4) is 0 Å². The molecule has 0 amide bonds. The van der Waals surface area contributed by atoms with Gasteiger partial charge in [0, 0.05) is 17.5 Å². The van der Waals surface area contributed by atoms with Crippen LogP contribution in [0.3, 0.4) is 0 Å². The number of benzene rings is 1. The molecule has 0 radical (unpaired) electrons. The van der Waals surface area contributed by atoms with E-state index in [2.05, 4.69) is 0 Å². The van der Waals surface area contributed by atoms with Crippen LogP contribution in [0.15, 0.2) is 29.2 Å². The van der Waals surface area contributed by atoms with Gasteiger partial charge < -0.3 is 10.5 Å². The first kappa shape index (κ1) is 11.8. The van der Waals surface area contributed by atoms with Crippen molar-refractivity contribution in [2.75, 3.05) is 13.2 Å². The van der Waals surface area contributed by atoms with E-state index >= 15 is 0 Å². The number of nitrogens with two attached hydrogens (primary N) is 1. The fraction of sp³-hybridized carbons (Fsp3) is 0.500. The van der Waals surface area contributed by atoms with Crippen molar-refractivity contribution in [3.63, 3.8) is 0 Å². The van der Waals surface area contributed by atoms with Crippen LogP contribution in [0.5, 0.6) is 0 Å². The fourth-order valence-electron chi connectivity index (χ4n) is 1.89. The van der Waals surface area contributed by atoms with Gasteiger partial charge in [-0.2, -0.15) is 0 Å². The molecule has 3 unspecified atom stereocenters. The van der Waals surface area contributed by atoms with Crippen molar-refractivity contribution >= 4 is 10.8 Å². The molecule has 1 aliphatic heterocycles. The van der Waals surface area contributed by atoms with Crippen LogP contribution in [0.4, 0.5) is 0 Å². The zero-order chi connectivity index (χ0) is 11.5. The second-order valence-electron chi connectivity index (χ2n) is 4.13. The van der Waals surface area contributed by atoms with Gasteiger partial charge >= 0.3 is 0 Å². The molecule has 3 atom stereocenters. The summed E-state index contributed by atoms with van der Waals surface area (Å²) in [4.78, 5) is 0.883. The molecule has 0 bridgehead atoms. The standard InChI is InChI=1S/C12H17NO2S/c1-9-4-2-3-5-11(9)16(14)12-8-15-7-6-10(12)13/h2-5,10,12H,6-8,13H2,1H3. The molecule has 0 spiro atoms. The summed E-state index contributed by atoms with van der Waals surface area (Å²) in [5.41, 5.74) is 7.05. The van der Waals surface area contributed by atoms with Crippen LogP contribution in [0.25, 0.3) is 0 Å². The van der Waals surface area contributed by atoms with Gasteiger partial charge in [0.25, 0.3) is 0 Å². The first-order valence-corrected chi connectivity index (χ1v) is 6.71. The third-order valence-electron chi connectivity index (χ3n) is 2.94. The number of rotatable bonds is 2. The summed E-state index contributed by atoms with van der Waals surface area (Å²) in [6.07, 6.45) is 0.794. The Kier molecular flexibility index (Phi) is 3.74. The molecule has 2 rings (SSSR count). The summed E-state index contributed by atoms with van der Waals surface area (Å²) in [5, 5.41) is -0.0742. The molecule has 1 heterocycles. The third kappa shape index (κ3) is 2.34. The highest BCUT2D eigenvalue weighted by molar-refractivity contribution is 7.85. The Hall–Kier alpha value is -0.710. The summed E-state index contributed by atoms with van der Waals surface area (Å²) in [6, 6.07) is 7.73. The van der Waals surface area contributed by atoms with Gasteiger partial charge in [-0.15, -0.1) is 0 Å². The molecule has 0 aliphatic carbocycles. The van der Waals surface area contributed by atoms with Crippen molar-refractivity contribution in [3.05, 3.63) is 29.8 Å². The van der Waals surface area contributed by atoms with E-state index in [4.69, 9.17) is 10.5 Å². The monoisotopic (exact) mass is 239 g/mol. The number of ether oxygens (including phenoxy) is 1. The minimum atomic E-state index is -1.06.